The zero-order chi connectivity index (χ0) is 8.27. The summed E-state index contributed by atoms with van der Waals surface area (Å²) in [5.41, 5.74) is 2.35. The van der Waals surface area contributed by atoms with Crippen molar-refractivity contribution in [3.8, 4) is 0 Å². The van der Waals surface area contributed by atoms with Crippen molar-refractivity contribution in [3.63, 3.8) is 0 Å². The molecule has 0 saturated carbocycles. The summed E-state index contributed by atoms with van der Waals surface area (Å²) in [4.78, 5) is 0. The first kappa shape index (κ1) is 8.31. The lowest BCUT2D eigenvalue weighted by molar-refractivity contribution is 0.377. The van der Waals surface area contributed by atoms with E-state index in [-0.39, 0.29) is 0 Å². The Hall–Kier alpha value is -0.790. The van der Waals surface area contributed by atoms with Gasteiger partial charge in [-0.3, -0.25) is 0 Å². The molecule has 0 spiro atoms. The van der Waals surface area contributed by atoms with Gasteiger partial charge in [0, 0.05) is 12.0 Å². The Kier molecular flexibility index (Phi) is 2.69. The first-order chi connectivity index (χ1) is 5.29. The van der Waals surface area contributed by atoms with Crippen molar-refractivity contribution >= 4 is 0 Å². The van der Waals surface area contributed by atoms with Gasteiger partial charge in [0.25, 0.3) is 0 Å². The Morgan fingerprint density at radius 3 is 2.64 bits per heavy atom. The van der Waals surface area contributed by atoms with Gasteiger partial charge in [-0.15, -0.1) is 0 Å². The molecule has 0 aromatic carbocycles. The zero-order valence-corrected chi connectivity index (χ0v) is 7.48. The van der Waals surface area contributed by atoms with Gasteiger partial charge in [0.1, 0.15) is 5.76 Å². The number of aromatic nitrogens is 1. The first-order valence-electron chi connectivity index (χ1n) is 4.23. The molecule has 0 bridgehead atoms. The lowest BCUT2D eigenvalue weighted by atomic mass is 10.1. The molecule has 0 aliphatic rings. The van der Waals surface area contributed by atoms with Crippen LogP contribution in [0.4, 0.5) is 0 Å². The second-order valence-electron chi connectivity index (χ2n) is 2.77. The molecule has 0 radical (unpaired) electrons. The third kappa shape index (κ3) is 1.62. The van der Waals surface area contributed by atoms with E-state index in [2.05, 4.69) is 19.0 Å². The van der Waals surface area contributed by atoms with E-state index in [4.69, 9.17) is 4.52 Å². The summed E-state index contributed by atoms with van der Waals surface area (Å²) >= 11 is 0. The maximum Gasteiger partial charge on any atom is 0.140 e. The molecule has 62 valence electrons. The summed E-state index contributed by atoms with van der Waals surface area (Å²) in [5, 5.41) is 3.93. The molecule has 1 aromatic heterocycles. The first-order valence-corrected chi connectivity index (χ1v) is 4.23. The van der Waals surface area contributed by atoms with Crippen LogP contribution in [0.3, 0.4) is 0 Å². The van der Waals surface area contributed by atoms with E-state index in [1.807, 2.05) is 6.92 Å². The van der Waals surface area contributed by atoms with Crippen LogP contribution < -0.4 is 0 Å². The molecule has 0 unspecified atom stereocenters. The normalized spacial score (nSPS) is 10.5. The second kappa shape index (κ2) is 3.56. The van der Waals surface area contributed by atoms with Crippen molar-refractivity contribution in [3.05, 3.63) is 17.0 Å². The highest BCUT2D eigenvalue weighted by Gasteiger charge is 2.08. The molecule has 0 amide bonds. The van der Waals surface area contributed by atoms with Gasteiger partial charge in [0.15, 0.2) is 0 Å². The van der Waals surface area contributed by atoms with Crippen LogP contribution in [0.5, 0.6) is 0 Å². The van der Waals surface area contributed by atoms with E-state index in [1.165, 1.54) is 5.56 Å². The van der Waals surface area contributed by atoms with Crippen LogP contribution in [0.2, 0.25) is 0 Å². The largest absolute Gasteiger partial charge is 0.361 e. The predicted octanol–water partition coefficient (Wildman–Crippen LogP) is 2.50. The fourth-order valence-electron chi connectivity index (χ4n) is 1.31. The molecule has 2 heteroatoms. The number of aryl methyl sites for hydroxylation is 2. The van der Waals surface area contributed by atoms with Gasteiger partial charge in [-0.1, -0.05) is 19.0 Å². The SMILES string of the molecule is CCCc1onc(C)c1CC. The van der Waals surface area contributed by atoms with Crippen LogP contribution in [0.1, 0.15) is 37.3 Å². The van der Waals surface area contributed by atoms with Gasteiger partial charge in [-0.25, -0.2) is 0 Å². The third-order valence-corrected chi connectivity index (χ3v) is 1.90. The zero-order valence-electron chi connectivity index (χ0n) is 7.48. The van der Waals surface area contributed by atoms with Crippen LogP contribution in [0, 0.1) is 6.92 Å². The summed E-state index contributed by atoms with van der Waals surface area (Å²) in [6.07, 6.45) is 3.18. The molecule has 0 aliphatic carbocycles. The number of rotatable bonds is 3. The van der Waals surface area contributed by atoms with Crippen molar-refractivity contribution in [1.29, 1.82) is 0 Å². The fraction of sp³-hybridized carbons (Fsp3) is 0.667. The van der Waals surface area contributed by atoms with E-state index in [1.54, 1.807) is 0 Å². The second-order valence-corrected chi connectivity index (χ2v) is 2.77. The Labute approximate surface area is 67.6 Å². The van der Waals surface area contributed by atoms with Crippen LogP contribution in [-0.4, -0.2) is 5.16 Å². The van der Waals surface area contributed by atoms with Crippen molar-refractivity contribution in [2.45, 2.75) is 40.0 Å². The van der Waals surface area contributed by atoms with Crippen molar-refractivity contribution < 1.29 is 4.52 Å². The standard InChI is InChI=1S/C9H15NO/c1-4-6-9-8(5-2)7(3)10-11-9/h4-6H2,1-3H3. The topological polar surface area (TPSA) is 26.0 Å². The Bertz CT molecular complexity index is 227. The molecule has 0 N–H and O–H groups in total. The summed E-state index contributed by atoms with van der Waals surface area (Å²) in [6.45, 7) is 6.29. The van der Waals surface area contributed by atoms with Gasteiger partial charge >= 0.3 is 0 Å². The minimum absolute atomic E-state index is 1.02. The molecule has 0 atom stereocenters. The van der Waals surface area contributed by atoms with E-state index in [9.17, 15) is 0 Å². The summed E-state index contributed by atoms with van der Waals surface area (Å²) < 4.78 is 5.18. The van der Waals surface area contributed by atoms with Crippen molar-refractivity contribution in [2.75, 3.05) is 0 Å². The van der Waals surface area contributed by atoms with E-state index >= 15 is 0 Å². The van der Waals surface area contributed by atoms with Gasteiger partial charge in [-0.05, 0) is 19.8 Å². The average Bonchev–Trinajstić information content (AvgIpc) is 2.33. The smallest absolute Gasteiger partial charge is 0.140 e. The minimum atomic E-state index is 1.02. The summed E-state index contributed by atoms with van der Waals surface area (Å²) in [5.74, 6) is 1.08. The predicted molar refractivity (Wildman–Crippen MR) is 44.6 cm³/mol. The van der Waals surface area contributed by atoms with Crippen LogP contribution in [0.25, 0.3) is 0 Å². The van der Waals surface area contributed by atoms with E-state index in [0.717, 1.165) is 30.7 Å². The highest BCUT2D eigenvalue weighted by Crippen LogP contribution is 2.15. The lowest BCUT2D eigenvalue weighted by Crippen LogP contribution is -1.88. The number of nitrogens with zero attached hydrogens (tertiary/aromatic N) is 1. The highest BCUT2D eigenvalue weighted by molar-refractivity contribution is 5.21. The van der Waals surface area contributed by atoms with Gasteiger partial charge < -0.3 is 4.52 Å². The maximum atomic E-state index is 5.18. The molecule has 1 rings (SSSR count). The van der Waals surface area contributed by atoms with Gasteiger partial charge in [-0.2, -0.15) is 0 Å². The Morgan fingerprint density at radius 1 is 1.36 bits per heavy atom. The number of hydrogen-bond acceptors (Lipinski definition) is 2. The molecule has 1 aromatic rings. The van der Waals surface area contributed by atoms with Crippen molar-refractivity contribution in [2.24, 2.45) is 0 Å². The van der Waals surface area contributed by atoms with E-state index in [0.29, 0.717) is 0 Å². The van der Waals surface area contributed by atoms with Crippen LogP contribution in [0.15, 0.2) is 4.52 Å². The quantitative estimate of drug-likeness (QED) is 0.666. The Balaban J connectivity index is 2.86. The molecule has 0 saturated heterocycles. The minimum Gasteiger partial charge on any atom is -0.361 e. The van der Waals surface area contributed by atoms with Gasteiger partial charge in [0.2, 0.25) is 0 Å². The van der Waals surface area contributed by atoms with Crippen LogP contribution in [-0.2, 0) is 12.8 Å². The molecule has 2 nitrogen and oxygen atoms in total. The Morgan fingerprint density at radius 2 is 2.09 bits per heavy atom. The monoisotopic (exact) mass is 153 g/mol. The molecule has 0 fully saturated rings. The third-order valence-electron chi connectivity index (χ3n) is 1.90. The summed E-state index contributed by atoms with van der Waals surface area (Å²) in [7, 11) is 0. The summed E-state index contributed by atoms with van der Waals surface area (Å²) in [6, 6.07) is 0. The van der Waals surface area contributed by atoms with E-state index < -0.39 is 0 Å². The molecular weight excluding hydrogens is 138 g/mol. The van der Waals surface area contributed by atoms with Crippen LogP contribution >= 0.6 is 0 Å². The molecular formula is C9H15NO. The lowest BCUT2D eigenvalue weighted by Gasteiger charge is -1.94. The molecule has 0 aliphatic heterocycles. The fourth-order valence-corrected chi connectivity index (χ4v) is 1.31. The maximum absolute atomic E-state index is 5.18. The van der Waals surface area contributed by atoms with Gasteiger partial charge in [0.05, 0.1) is 5.69 Å². The highest BCUT2D eigenvalue weighted by atomic mass is 16.5. The molecule has 1 heterocycles. The average molecular weight is 153 g/mol. The van der Waals surface area contributed by atoms with Crippen molar-refractivity contribution in [1.82, 2.24) is 5.16 Å². The molecule has 11 heavy (non-hydrogen) atoms. The number of hydrogen-bond donors (Lipinski definition) is 0.